The third-order valence-corrected chi connectivity index (χ3v) is 17.4. The van der Waals surface area contributed by atoms with Crippen molar-refractivity contribution in [1.29, 1.82) is 0 Å². The minimum atomic E-state index is -0.926. The molecule has 0 aliphatic carbocycles. The topological polar surface area (TPSA) is 209 Å². The monoisotopic (exact) mass is 1170 g/mol. The van der Waals surface area contributed by atoms with Crippen LogP contribution in [0, 0.1) is 12.3 Å². The van der Waals surface area contributed by atoms with Crippen LogP contribution in [-0.2, 0) is 53.1 Å². The Morgan fingerprint density at radius 2 is 1.51 bits per heavy atom. The fourth-order valence-corrected chi connectivity index (χ4v) is 12.6. The maximum atomic E-state index is 14.1. The van der Waals surface area contributed by atoms with Gasteiger partial charge in [-0.05, 0) is 65.8 Å². The quantitative estimate of drug-likeness (QED) is 0.0527. The number of nitrogens with one attached hydrogen (secondary N) is 3. The lowest BCUT2D eigenvalue weighted by Crippen LogP contribution is -2.58. The van der Waals surface area contributed by atoms with E-state index in [9.17, 15) is 19.5 Å². The van der Waals surface area contributed by atoms with Crippen LogP contribution in [0.2, 0.25) is 0 Å². The highest BCUT2D eigenvalue weighted by Gasteiger charge is 2.45. The number of hydrogen-bond donors (Lipinski definition) is 4. The summed E-state index contributed by atoms with van der Waals surface area (Å²) in [6, 6.07) is 23.3. The number of fused-ring (bicyclic) bond motifs is 9. The summed E-state index contributed by atoms with van der Waals surface area (Å²) < 4.78 is 30.4. The van der Waals surface area contributed by atoms with Gasteiger partial charge in [-0.2, -0.15) is 0 Å². The number of hydrogen-bond acceptors (Lipinski definition) is 18. The van der Waals surface area contributed by atoms with Crippen LogP contribution in [0.5, 0.6) is 5.75 Å². The first-order chi connectivity index (χ1) is 40.8. The van der Waals surface area contributed by atoms with Gasteiger partial charge in [0.15, 0.2) is 0 Å². The van der Waals surface area contributed by atoms with Crippen LogP contribution in [0.1, 0.15) is 56.0 Å². The lowest BCUT2D eigenvalue weighted by atomic mass is 9.85. The minimum absolute atomic E-state index is 0.00989. The van der Waals surface area contributed by atoms with Crippen molar-refractivity contribution in [2.45, 2.75) is 90.6 Å². The van der Waals surface area contributed by atoms with Gasteiger partial charge in [0, 0.05) is 120 Å². The van der Waals surface area contributed by atoms with Crippen molar-refractivity contribution in [3.05, 3.63) is 119 Å². The fraction of sp³-hybridized carbons (Fsp3) is 0.524. The molecule has 4 fully saturated rings. The molecule has 7 heterocycles. The van der Waals surface area contributed by atoms with Gasteiger partial charge < -0.3 is 49.6 Å². The second kappa shape index (κ2) is 29.2. The number of aromatic nitrogens is 3. The lowest BCUT2D eigenvalue weighted by Gasteiger charge is -2.35. The number of thiazole rings is 1. The van der Waals surface area contributed by atoms with Crippen molar-refractivity contribution in [2.24, 2.45) is 5.41 Å². The summed E-state index contributed by atoms with van der Waals surface area (Å²) in [5.74, 6) is 0.168. The van der Waals surface area contributed by atoms with E-state index < -0.39 is 35.4 Å². The average molecular weight is 1170 g/mol. The predicted molar refractivity (Wildman–Crippen MR) is 323 cm³/mol. The number of carbonyl (C=O) groups excluding carboxylic acids is 3. The molecule has 21 heteroatoms. The Kier molecular flexibility index (Phi) is 21.2. The second-order valence-corrected chi connectivity index (χ2v) is 24.4. The molecule has 8 bridgehead atoms. The smallest absolute Gasteiger partial charge is 0.246 e. The van der Waals surface area contributed by atoms with E-state index >= 15 is 0 Å². The van der Waals surface area contributed by atoms with Gasteiger partial charge in [0.2, 0.25) is 23.7 Å². The average Bonchev–Trinajstić information content (AvgIpc) is 4.46. The number of amides is 3. The predicted octanol–water partition coefficient (Wildman–Crippen LogP) is 5.52. The maximum Gasteiger partial charge on any atom is 0.246 e. The number of β-amino-alcohol motifs (C(OH)–C–C–N with tert-alkyl or cyclic N) is 1. The van der Waals surface area contributed by atoms with Crippen molar-refractivity contribution in [3.63, 3.8) is 0 Å². The summed E-state index contributed by atoms with van der Waals surface area (Å²) >= 11 is 1.58. The van der Waals surface area contributed by atoms with Crippen molar-refractivity contribution in [1.82, 2.24) is 50.1 Å². The van der Waals surface area contributed by atoms with E-state index in [0.29, 0.717) is 70.9 Å². The number of nitrogens with zero attached hydrogens (tertiary/aromatic N) is 8. The molecule has 5 aliphatic heterocycles. The van der Waals surface area contributed by atoms with E-state index in [1.54, 1.807) is 17.5 Å². The molecule has 2 aromatic heterocycles. The summed E-state index contributed by atoms with van der Waals surface area (Å²) in [5.41, 5.74) is 8.82. The number of likely N-dealkylation sites (tertiary alicyclic amines) is 3. The highest BCUT2D eigenvalue weighted by Crippen LogP contribution is 2.32. The van der Waals surface area contributed by atoms with Crippen LogP contribution in [-0.4, -0.2) is 211 Å². The molecular formula is C63H83N11O9S. The molecule has 4 N–H and O–H groups in total. The van der Waals surface area contributed by atoms with Gasteiger partial charge in [-0.25, -0.2) is 15.0 Å². The number of anilines is 2. The molecule has 0 saturated carbocycles. The highest BCUT2D eigenvalue weighted by molar-refractivity contribution is 7.13. The number of rotatable bonds is 21. The van der Waals surface area contributed by atoms with E-state index in [1.807, 2.05) is 106 Å². The van der Waals surface area contributed by atoms with Gasteiger partial charge in [-0.1, -0.05) is 75.4 Å². The van der Waals surface area contributed by atoms with E-state index in [-0.39, 0.29) is 32.0 Å². The standard InChI is InChI=1S/C63H83N11O9S/c1-44-58(84-43-66-44)47-12-10-45(11-13-47)36-65-60(77)55-35-53(75)39-74(55)61(78)59(63(2,3)4)69-57(76)42-82-30-25-73-38-51-34-52(73)37-72(51)24-29-79-28-22-70-18-20-71(21-19-70)23-31-83-56-15-14-50-33-49(56)41-81-27-6-5-26-80-40-46-8-7-9-48(32-46)54-16-17-64-62(67-50)68-54/h5-17,32-33,43,51-53,55,59,75H,18-31,34-42H2,1-4H3,(H,65,77)(H,69,76)(H,64,67,68)/b6-5+/t51-,52-,53+,55-,59+/m0/s1. The maximum absolute atomic E-state index is 14.1. The Bertz CT molecular complexity index is 3000. The number of aryl methyl sites for hydroxylation is 1. The van der Waals surface area contributed by atoms with Gasteiger partial charge in [0.1, 0.15) is 31.0 Å². The molecule has 5 aromatic rings. The van der Waals surface area contributed by atoms with Crippen molar-refractivity contribution in [3.8, 4) is 27.4 Å². The molecule has 84 heavy (non-hydrogen) atoms. The van der Waals surface area contributed by atoms with Crippen molar-refractivity contribution in [2.75, 3.05) is 124 Å². The highest BCUT2D eigenvalue weighted by atomic mass is 32.1. The van der Waals surface area contributed by atoms with Crippen LogP contribution < -0.4 is 20.7 Å². The number of aliphatic hydroxyl groups is 1. The summed E-state index contributed by atoms with van der Waals surface area (Å²) in [6.45, 7) is 21.2. The molecule has 5 aliphatic rings. The third kappa shape index (κ3) is 16.6. The SMILES string of the molecule is Cc1ncsc1-c1ccc(CNC(=O)[C@@H]2C[C@@H](O)CN2C(=O)[C@@H](NC(=O)COCCN2C[C@@H]3C[C@H]2CN3CCOCCN2CCN(CCOc3ccc4cc3COC/C=C/COCc3cccc(c3)-c3ccnc(n3)N4)CC2)C(C)(C)C)cc1. The summed E-state index contributed by atoms with van der Waals surface area (Å²) in [7, 11) is 0. The molecule has 10 rings (SSSR count). The number of carbonyl (C=O) groups is 3. The Hall–Kier alpha value is -6.24. The Morgan fingerprint density at radius 1 is 0.798 bits per heavy atom. The second-order valence-electron chi connectivity index (χ2n) is 23.6. The molecule has 20 nitrogen and oxygen atoms in total. The van der Waals surface area contributed by atoms with Crippen molar-refractivity contribution < 1.29 is 43.2 Å². The molecule has 0 radical (unpaired) electrons. The van der Waals surface area contributed by atoms with E-state index in [4.69, 9.17) is 28.7 Å². The van der Waals surface area contributed by atoms with Crippen molar-refractivity contribution >= 4 is 40.7 Å². The number of benzene rings is 3. The Morgan fingerprint density at radius 3 is 2.23 bits per heavy atom. The molecule has 3 aromatic carbocycles. The lowest BCUT2D eigenvalue weighted by molar-refractivity contribution is -0.144. The molecule has 450 valence electrons. The first kappa shape index (κ1) is 60.9. The molecule has 3 amide bonds. The van der Waals surface area contributed by atoms with E-state index in [0.717, 1.165) is 127 Å². The first-order valence-corrected chi connectivity index (χ1v) is 30.6. The molecule has 0 spiro atoms. The summed E-state index contributed by atoms with van der Waals surface area (Å²) in [4.78, 5) is 67.1. The van der Waals surface area contributed by atoms with E-state index in [2.05, 4.69) is 57.7 Å². The van der Waals surface area contributed by atoms with Gasteiger partial charge in [0.25, 0.3) is 0 Å². The minimum Gasteiger partial charge on any atom is -0.492 e. The molecule has 5 atom stereocenters. The zero-order chi connectivity index (χ0) is 58.4. The Labute approximate surface area is 497 Å². The van der Waals surface area contributed by atoms with Gasteiger partial charge in [-0.3, -0.25) is 34.0 Å². The van der Waals surface area contributed by atoms with Crippen LogP contribution >= 0.6 is 11.3 Å². The van der Waals surface area contributed by atoms with Gasteiger partial charge >= 0.3 is 0 Å². The molecular weight excluding hydrogens is 1090 g/mol. The fourth-order valence-electron chi connectivity index (χ4n) is 11.8. The first-order valence-electron chi connectivity index (χ1n) is 29.7. The van der Waals surface area contributed by atoms with Gasteiger partial charge in [-0.15, -0.1) is 11.3 Å². The van der Waals surface area contributed by atoms with Crippen LogP contribution in [0.3, 0.4) is 0 Å². The largest absolute Gasteiger partial charge is 0.492 e. The summed E-state index contributed by atoms with van der Waals surface area (Å²) in [5, 5.41) is 19.9. The molecule has 0 unspecified atom stereocenters. The Balaban J connectivity index is 0.581. The number of aliphatic hydroxyl groups excluding tert-OH is 1. The van der Waals surface area contributed by atoms with Crippen LogP contribution in [0.4, 0.5) is 11.6 Å². The zero-order valence-corrected chi connectivity index (χ0v) is 49.9. The number of ether oxygens (including phenoxy) is 5. The zero-order valence-electron chi connectivity index (χ0n) is 49.1. The van der Waals surface area contributed by atoms with Crippen LogP contribution in [0.25, 0.3) is 21.7 Å². The third-order valence-electron chi connectivity index (χ3n) is 16.5. The van der Waals surface area contributed by atoms with Gasteiger partial charge in [0.05, 0.1) is 74.1 Å². The number of piperazine rings is 2. The molecule has 4 saturated heterocycles. The van der Waals surface area contributed by atoms with E-state index in [1.165, 1.54) is 4.90 Å². The normalized spacial score (nSPS) is 21.6. The summed E-state index contributed by atoms with van der Waals surface area (Å²) in [6.07, 6.45) is 6.13. The van der Waals surface area contributed by atoms with Crippen LogP contribution in [0.15, 0.2) is 96.7 Å².